The van der Waals surface area contributed by atoms with Gasteiger partial charge >= 0.3 is 18.0 Å². The molecule has 2 N–H and O–H groups in total. The highest BCUT2D eigenvalue weighted by molar-refractivity contribution is 6.37. The predicted octanol–water partition coefficient (Wildman–Crippen LogP) is 2.61. The average molecular weight is 461 g/mol. The van der Waals surface area contributed by atoms with Crippen molar-refractivity contribution in [2.45, 2.75) is 31.5 Å². The highest BCUT2D eigenvalue weighted by Gasteiger charge is 2.39. The molecule has 0 bridgehead atoms. The summed E-state index contributed by atoms with van der Waals surface area (Å²) in [7, 11) is 0. The molecular formula is C23H22F3N3O4. The molecule has 3 rings (SSSR count). The van der Waals surface area contributed by atoms with Gasteiger partial charge in [0.2, 0.25) is 11.8 Å². The maximum Gasteiger partial charge on any atom is 0.406 e. The van der Waals surface area contributed by atoms with Crippen molar-refractivity contribution in [3.8, 4) is 0 Å². The molecule has 1 saturated heterocycles. The van der Waals surface area contributed by atoms with Crippen molar-refractivity contribution in [2.24, 2.45) is 5.73 Å². The average Bonchev–Trinajstić information content (AvgIpc) is 2.77. The lowest BCUT2D eigenvalue weighted by Crippen LogP contribution is -2.51. The molecule has 4 amide bonds. The fourth-order valence-corrected chi connectivity index (χ4v) is 3.77. The zero-order valence-electron chi connectivity index (χ0n) is 17.5. The summed E-state index contributed by atoms with van der Waals surface area (Å²) in [5.74, 6) is -4.28. The summed E-state index contributed by atoms with van der Waals surface area (Å²) in [6.07, 6.45) is -4.40. The summed E-state index contributed by atoms with van der Waals surface area (Å²) in [6.45, 7) is -2.34. The summed E-state index contributed by atoms with van der Waals surface area (Å²) in [5.41, 5.74) is 6.34. The first-order valence-electron chi connectivity index (χ1n) is 10.2. The third kappa shape index (κ3) is 6.18. The number of alkyl halides is 3. The van der Waals surface area contributed by atoms with E-state index >= 15 is 0 Å². The van der Waals surface area contributed by atoms with Crippen LogP contribution in [0.4, 0.5) is 13.2 Å². The summed E-state index contributed by atoms with van der Waals surface area (Å²) in [5, 5.41) is 0. The van der Waals surface area contributed by atoms with Gasteiger partial charge < -0.3 is 10.6 Å². The number of hydrogen-bond acceptors (Lipinski definition) is 4. The van der Waals surface area contributed by atoms with Crippen LogP contribution in [0, 0.1) is 0 Å². The Morgan fingerprint density at radius 2 is 1.76 bits per heavy atom. The number of carbonyl (C=O) groups excluding carboxylic acids is 4. The van der Waals surface area contributed by atoms with Crippen molar-refractivity contribution >= 4 is 23.6 Å². The Kier molecular flexibility index (Phi) is 7.15. The lowest BCUT2D eigenvalue weighted by Gasteiger charge is -2.32. The predicted molar refractivity (Wildman–Crippen MR) is 112 cm³/mol. The third-order valence-corrected chi connectivity index (χ3v) is 5.36. The Bertz CT molecular complexity index is 1060. The molecule has 174 valence electrons. The van der Waals surface area contributed by atoms with Crippen molar-refractivity contribution in [2.75, 3.05) is 13.1 Å². The number of rotatable bonds is 5. The van der Waals surface area contributed by atoms with Gasteiger partial charge in [0.05, 0.1) is 0 Å². The minimum atomic E-state index is -4.78. The van der Waals surface area contributed by atoms with Gasteiger partial charge in [-0.3, -0.25) is 24.1 Å². The van der Waals surface area contributed by atoms with Crippen LogP contribution in [0.15, 0.2) is 54.6 Å². The standard InChI is InChI=1S/C23H22F3N3O4/c24-23(25,26)14-28(13-15-5-4-8-18(11-15)20(27)31)21(32)22(33)29-10-9-17(12-19(29)30)16-6-2-1-3-7-16/h1-8,11,17H,9-10,12-14H2,(H2,27,31). The number of piperidine rings is 1. The van der Waals surface area contributed by atoms with Crippen LogP contribution in [0.3, 0.4) is 0 Å². The first-order valence-corrected chi connectivity index (χ1v) is 10.2. The molecule has 33 heavy (non-hydrogen) atoms. The number of nitrogens with zero attached hydrogens (tertiary/aromatic N) is 2. The Balaban J connectivity index is 1.75. The minimum Gasteiger partial charge on any atom is -0.366 e. The zero-order valence-corrected chi connectivity index (χ0v) is 17.5. The van der Waals surface area contributed by atoms with Crippen LogP contribution < -0.4 is 5.73 Å². The largest absolute Gasteiger partial charge is 0.406 e. The second kappa shape index (κ2) is 9.85. The second-order valence-electron chi connectivity index (χ2n) is 7.79. The SMILES string of the molecule is NC(=O)c1cccc(CN(CC(F)(F)F)C(=O)C(=O)N2CCC(c3ccccc3)CC2=O)c1. The fraction of sp³-hybridized carbons (Fsp3) is 0.304. The van der Waals surface area contributed by atoms with Gasteiger partial charge in [-0.25, -0.2) is 0 Å². The molecule has 0 radical (unpaired) electrons. The van der Waals surface area contributed by atoms with Crippen LogP contribution in [-0.2, 0) is 20.9 Å². The molecular weight excluding hydrogens is 439 g/mol. The number of carbonyl (C=O) groups is 4. The normalized spacial score (nSPS) is 16.4. The topological polar surface area (TPSA) is 101 Å². The lowest BCUT2D eigenvalue weighted by molar-refractivity contribution is -0.170. The van der Waals surface area contributed by atoms with E-state index in [1.807, 2.05) is 30.3 Å². The lowest BCUT2D eigenvalue weighted by atomic mass is 9.89. The Morgan fingerprint density at radius 1 is 1.06 bits per heavy atom. The number of hydrogen-bond donors (Lipinski definition) is 1. The molecule has 1 aliphatic heterocycles. The van der Waals surface area contributed by atoms with E-state index in [2.05, 4.69) is 0 Å². The molecule has 10 heteroatoms. The highest BCUT2D eigenvalue weighted by atomic mass is 19.4. The number of primary amides is 1. The first kappa shape index (κ1) is 24.0. The van der Waals surface area contributed by atoms with Gasteiger partial charge in [-0.15, -0.1) is 0 Å². The molecule has 7 nitrogen and oxygen atoms in total. The van der Waals surface area contributed by atoms with Gasteiger partial charge in [-0.1, -0.05) is 42.5 Å². The van der Waals surface area contributed by atoms with E-state index in [1.54, 1.807) is 0 Å². The number of benzene rings is 2. The molecule has 1 aliphatic rings. The van der Waals surface area contributed by atoms with Crippen LogP contribution in [0.2, 0.25) is 0 Å². The smallest absolute Gasteiger partial charge is 0.366 e. The van der Waals surface area contributed by atoms with Gasteiger partial charge in [0.15, 0.2) is 0 Å². The number of imide groups is 1. The van der Waals surface area contributed by atoms with Gasteiger partial charge in [-0.2, -0.15) is 13.2 Å². The molecule has 1 fully saturated rings. The Hall–Kier alpha value is -3.69. The van der Waals surface area contributed by atoms with Crippen LogP contribution in [0.1, 0.15) is 40.2 Å². The molecule has 1 heterocycles. The second-order valence-corrected chi connectivity index (χ2v) is 7.79. The monoisotopic (exact) mass is 461 g/mol. The molecule has 1 atom stereocenters. The number of likely N-dealkylation sites (tertiary alicyclic amines) is 1. The van der Waals surface area contributed by atoms with E-state index in [0.29, 0.717) is 16.2 Å². The summed E-state index contributed by atoms with van der Waals surface area (Å²) in [6, 6.07) is 14.6. The van der Waals surface area contributed by atoms with E-state index < -0.39 is 42.9 Å². The van der Waals surface area contributed by atoms with E-state index in [1.165, 1.54) is 24.3 Å². The van der Waals surface area contributed by atoms with Crippen LogP contribution >= 0.6 is 0 Å². The molecule has 0 saturated carbocycles. The fourth-order valence-electron chi connectivity index (χ4n) is 3.77. The Labute approximate surface area is 187 Å². The van der Waals surface area contributed by atoms with Crippen molar-refractivity contribution in [1.29, 1.82) is 0 Å². The molecule has 0 spiro atoms. The molecule has 0 aromatic heterocycles. The molecule has 0 aliphatic carbocycles. The number of amides is 4. The van der Waals surface area contributed by atoms with Crippen molar-refractivity contribution in [3.63, 3.8) is 0 Å². The van der Waals surface area contributed by atoms with Crippen LogP contribution in [0.5, 0.6) is 0 Å². The highest BCUT2D eigenvalue weighted by Crippen LogP contribution is 2.29. The quantitative estimate of drug-likeness (QED) is 0.692. The van der Waals surface area contributed by atoms with Crippen molar-refractivity contribution in [3.05, 3.63) is 71.3 Å². The maximum absolute atomic E-state index is 13.1. The van der Waals surface area contributed by atoms with Crippen LogP contribution in [-0.4, -0.2) is 52.7 Å². The van der Waals surface area contributed by atoms with Crippen molar-refractivity contribution < 1.29 is 32.3 Å². The van der Waals surface area contributed by atoms with Gasteiger partial charge in [0.25, 0.3) is 0 Å². The zero-order chi connectivity index (χ0) is 24.2. The maximum atomic E-state index is 13.1. The van der Waals surface area contributed by atoms with E-state index in [9.17, 15) is 32.3 Å². The molecule has 1 unspecified atom stereocenters. The van der Waals surface area contributed by atoms with Gasteiger partial charge in [0.1, 0.15) is 6.54 Å². The van der Waals surface area contributed by atoms with Crippen LogP contribution in [0.25, 0.3) is 0 Å². The summed E-state index contributed by atoms with van der Waals surface area (Å²) in [4.78, 5) is 50.4. The van der Waals surface area contributed by atoms with E-state index in [4.69, 9.17) is 5.73 Å². The van der Waals surface area contributed by atoms with Crippen molar-refractivity contribution in [1.82, 2.24) is 9.80 Å². The van der Waals surface area contributed by atoms with Gasteiger partial charge in [0, 0.05) is 25.1 Å². The van der Waals surface area contributed by atoms with E-state index in [0.717, 1.165) is 5.56 Å². The van der Waals surface area contributed by atoms with Gasteiger partial charge in [-0.05, 0) is 35.6 Å². The summed E-state index contributed by atoms with van der Waals surface area (Å²) < 4.78 is 39.4. The summed E-state index contributed by atoms with van der Waals surface area (Å²) >= 11 is 0. The Morgan fingerprint density at radius 3 is 2.36 bits per heavy atom. The number of nitrogens with two attached hydrogens (primary N) is 1. The number of halogens is 3. The first-order chi connectivity index (χ1) is 15.5. The molecule has 2 aromatic carbocycles. The third-order valence-electron chi connectivity index (χ3n) is 5.36. The minimum absolute atomic E-state index is 0.0248. The molecule has 2 aromatic rings. The van der Waals surface area contributed by atoms with E-state index in [-0.39, 0.29) is 30.0 Å².